The van der Waals surface area contributed by atoms with Crippen LogP contribution in [0, 0.1) is 0 Å². The van der Waals surface area contributed by atoms with Crippen LogP contribution in [0.25, 0.3) is 0 Å². The summed E-state index contributed by atoms with van der Waals surface area (Å²) in [5, 5.41) is 11.1. The largest absolute Gasteiger partial charge is 0.465 e. The molecular formula is C9H8ClNO3. The number of carbonyl (C=O) groups is 1. The Bertz CT molecular complexity index is 376. The minimum atomic E-state index is -0.526. The van der Waals surface area contributed by atoms with Crippen LogP contribution in [0.1, 0.15) is 15.9 Å². The third-order valence-electron chi connectivity index (χ3n) is 1.64. The van der Waals surface area contributed by atoms with E-state index in [1.165, 1.54) is 13.2 Å². The van der Waals surface area contributed by atoms with Gasteiger partial charge in [-0.3, -0.25) is 0 Å². The second-order valence-corrected chi connectivity index (χ2v) is 2.79. The second-order valence-electron chi connectivity index (χ2n) is 2.43. The topological polar surface area (TPSA) is 58.9 Å². The number of hydrogen-bond acceptors (Lipinski definition) is 4. The molecule has 14 heavy (non-hydrogen) atoms. The highest BCUT2D eigenvalue weighted by molar-refractivity contribution is 6.69. The fraction of sp³-hybridized carbons (Fsp3) is 0.111. The summed E-state index contributed by atoms with van der Waals surface area (Å²) in [7, 11) is 1.27. The number of halogens is 1. The highest BCUT2D eigenvalue weighted by Crippen LogP contribution is 2.13. The van der Waals surface area contributed by atoms with Gasteiger partial charge in [0.1, 0.15) is 0 Å². The Balaban J connectivity index is 3.23. The molecule has 0 unspecified atom stereocenters. The van der Waals surface area contributed by atoms with Crippen LogP contribution in [-0.2, 0) is 4.74 Å². The van der Waals surface area contributed by atoms with Crippen molar-refractivity contribution in [2.24, 2.45) is 5.16 Å². The molecule has 0 aromatic heterocycles. The highest BCUT2D eigenvalue weighted by Gasteiger charge is 2.13. The van der Waals surface area contributed by atoms with Crippen molar-refractivity contribution in [3.63, 3.8) is 0 Å². The van der Waals surface area contributed by atoms with Crippen molar-refractivity contribution in [2.75, 3.05) is 7.11 Å². The zero-order valence-electron chi connectivity index (χ0n) is 7.40. The first-order chi connectivity index (χ1) is 6.70. The van der Waals surface area contributed by atoms with Gasteiger partial charge in [0, 0.05) is 5.56 Å². The fourth-order valence-corrected chi connectivity index (χ4v) is 1.17. The summed E-state index contributed by atoms with van der Waals surface area (Å²) >= 11 is 5.59. The zero-order valence-corrected chi connectivity index (χ0v) is 8.15. The van der Waals surface area contributed by atoms with E-state index >= 15 is 0 Å². The fourth-order valence-electron chi connectivity index (χ4n) is 1.00. The number of hydrogen-bond donors (Lipinski definition) is 1. The lowest BCUT2D eigenvalue weighted by Crippen LogP contribution is -2.07. The molecule has 0 atom stereocenters. The Labute approximate surface area is 85.7 Å². The maximum absolute atomic E-state index is 11.2. The molecule has 1 aromatic rings. The number of nitrogens with zero attached hydrogens (tertiary/aromatic N) is 1. The SMILES string of the molecule is COC(=O)c1ccccc1/C(Cl)=N/O. The van der Waals surface area contributed by atoms with Gasteiger partial charge >= 0.3 is 5.97 Å². The minimum absolute atomic E-state index is 0.147. The summed E-state index contributed by atoms with van der Waals surface area (Å²) in [6, 6.07) is 6.44. The van der Waals surface area contributed by atoms with E-state index in [9.17, 15) is 4.79 Å². The number of carbonyl (C=O) groups excluding carboxylic acids is 1. The molecule has 1 aromatic carbocycles. The highest BCUT2D eigenvalue weighted by atomic mass is 35.5. The van der Waals surface area contributed by atoms with Crippen LogP contribution in [0.15, 0.2) is 29.4 Å². The summed E-state index contributed by atoms with van der Waals surface area (Å²) in [6.45, 7) is 0. The Hall–Kier alpha value is -1.55. The van der Waals surface area contributed by atoms with Crippen molar-refractivity contribution in [1.29, 1.82) is 0 Å². The quantitative estimate of drug-likeness (QED) is 0.353. The van der Waals surface area contributed by atoms with E-state index in [1.807, 2.05) is 0 Å². The lowest BCUT2D eigenvalue weighted by molar-refractivity contribution is 0.0600. The standard InChI is InChI=1S/C9H8ClNO3/c1-14-9(12)7-5-3-2-4-6(7)8(10)11-13/h2-5,13H,1H3/b11-8-. The van der Waals surface area contributed by atoms with E-state index in [1.54, 1.807) is 18.2 Å². The average Bonchev–Trinajstić information content (AvgIpc) is 2.27. The molecule has 0 bridgehead atoms. The first-order valence-electron chi connectivity index (χ1n) is 3.76. The van der Waals surface area contributed by atoms with E-state index in [4.69, 9.17) is 16.8 Å². The lowest BCUT2D eigenvalue weighted by atomic mass is 10.1. The number of oxime groups is 1. The normalized spacial score (nSPS) is 11.1. The van der Waals surface area contributed by atoms with Crippen LogP contribution in [0.3, 0.4) is 0 Å². The van der Waals surface area contributed by atoms with Gasteiger partial charge in [0.2, 0.25) is 0 Å². The summed E-state index contributed by atoms with van der Waals surface area (Å²) in [6.07, 6.45) is 0. The van der Waals surface area contributed by atoms with Gasteiger partial charge in [-0.25, -0.2) is 4.79 Å². The molecule has 0 aliphatic rings. The van der Waals surface area contributed by atoms with E-state index < -0.39 is 5.97 Å². The van der Waals surface area contributed by atoms with Gasteiger partial charge in [0.25, 0.3) is 0 Å². The molecular weight excluding hydrogens is 206 g/mol. The Morgan fingerprint density at radius 3 is 2.50 bits per heavy atom. The van der Waals surface area contributed by atoms with Crippen molar-refractivity contribution in [1.82, 2.24) is 0 Å². The van der Waals surface area contributed by atoms with Crippen LogP contribution in [-0.4, -0.2) is 23.5 Å². The molecule has 1 N–H and O–H groups in total. The maximum Gasteiger partial charge on any atom is 0.338 e. The Morgan fingerprint density at radius 2 is 2.00 bits per heavy atom. The molecule has 4 nitrogen and oxygen atoms in total. The van der Waals surface area contributed by atoms with Crippen LogP contribution in [0.4, 0.5) is 0 Å². The maximum atomic E-state index is 11.2. The summed E-state index contributed by atoms with van der Waals surface area (Å²) < 4.78 is 4.54. The van der Waals surface area contributed by atoms with Crippen molar-refractivity contribution >= 4 is 22.7 Å². The molecule has 5 heteroatoms. The molecule has 74 valence electrons. The van der Waals surface area contributed by atoms with E-state index in [2.05, 4.69) is 9.89 Å². The number of rotatable bonds is 2. The van der Waals surface area contributed by atoms with Gasteiger partial charge in [0.15, 0.2) is 5.17 Å². The predicted molar refractivity (Wildman–Crippen MR) is 52.0 cm³/mol. The molecule has 0 aliphatic carbocycles. The lowest BCUT2D eigenvalue weighted by Gasteiger charge is -2.03. The summed E-state index contributed by atoms with van der Waals surface area (Å²) in [5.41, 5.74) is 0.598. The van der Waals surface area contributed by atoms with E-state index in [-0.39, 0.29) is 10.7 Å². The monoisotopic (exact) mass is 213 g/mol. The predicted octanol–water partition coefficient (Wildman–Crippen LogP) is 1.85. The van der Waals surface area contributed by atoms with Gasteiger partial charge in [-0.2, -0.15) is 0 Å². The average molecular weight is 214 g/mol. The molecule has 0 spiro atoms. The molecule has 0 amide bonds. The first-order valence-corrected chi connectivity index (χ1v) is 4.13. The molecule has 0 saturated heterocycles. The molecule has 0 radical (unpaired) electrons. The Kier molecular flexibility index (Phi) is 3.48. The number of esters is 1. The number of methoxy groups -OCH3 is 1. The minimum Gasteiger partial charge on any atom is -0.465 e. The number of ether oxygens (including phenoxy) is 1. The van der Waals surface area contributed by atoms with Crippen LogP contribution in [0.2, 0.25) is 0 Å². The molecule has 0 fully saturated rings. The van der Waals surface area contributed by atoms with Gasteiger partial charge in [-0.15, -0.1) is 0 Å². The van der Waals surface area contributed by atoms with Gasteiger partial charge in [0.05, 0.1) is 12.7 Å². The molecule has 0 aliphatic heterocycles. The van der Waals surface area contributed by atoms with Gasteiger partial charge in [-0.1, -0.05) is 35.0 Å². The van der Waals surface area contributed by atoms with Crippen molar-refractivity contribution in [3.8, 4) is 0 Å². The zero-order chi connectivity index (χ0) is 10.6. The van der Waals surface area contributed by atoms with Crippen molar-refractivity contribution in [3.05, 3.63) is 35.4 Å². The van der Waals surface area contributed by atoms with Gasteiger partial charge in [-0.05, 0) is 6.07 Å². The number of benzene rings is 1. The van der Waals surface area contributed by atoms with E-state index in [0.717, 1.165) is 0 Å². The van der Waals surface area contributed by atoms with Crippen LogP contribution < -0.4 is 0 Å². The Morgan fingerprint density at radius 1 is 1.43 bits per heavy atom. The first kappa shape index (κ1) is 10.5. The van der Waals surface area contributed by atoms with Crippen LogP contribution in [0.5, 0.6) is 0 Å². The molecule has 1 rings (SSSR count). The third-order valence-corrected chi connectivity index (χ3v) is 1.92. The summed E-state index contributed by atoms with van der Waals surface area (Å²) in [4.78, 5) is 11.2. The third kappa shape index (κ3) is 2.03. The van der Waals surface area contributed by atoms with Gasteiger partial charge < -0.3 is 9.94 Å². The molecule has 0 saturated carbocycles. The van der Waals surface area contributed by atoms with Crippen molar-refractivity contribution in [2.45, 2.75) is 0 Å². The van der Waals surface area contributed by atoms with E-state index in [0.29, 0.717) is 5.56 Å². The second kappa shape index (κ2) is 4.62. The molecule has 0 heterocycles. The van der Waals surface area contributed by atoms with Crippen molar-refractivity contribution < 1.29 is 14.7 Å². The summed E-state index contributed by atoms with van der Waals surface area (Å²) in [5.74, 6) is -0.526. The van der Waals surface area contributed by atoms with Crippen LogP contribution >= 0.6 is 11.6 Å². The smallest absolute Gasteiger partial charge is 0.338 e.